The van der Waals surface area contributed by atoms with Gasteiger partial charge in [0.2, 0.25) is 0 Å². The molecule has 2 bridgehead atoms. The van der Waals surface area contributed by atoms with Crippen LogP contribution in [0, 0.1) is 16.7 Å². The van der Waals surface area contributed by atoms with Crippen LogP contribution in [0.5, 0.6) is 0 Å². The Morgan fingerprint density at radius 3 is 1.89 bits per heavy atom. The van der Waals surface area contributed by atoms with Crippen molar-refractivity contribution in [2.24, 2.45) is 16.7 Å². The first-order valence-corrected chi connectivity index (χ1v) is 21.9. The molecule has 352 valence electrons. The minimum Gasteiger partial charge on any atom is -0.458 e. The lowest BCUT2D eigenvalue weighted by molar-refractivity contribution is -0.345. The Morgan fingerprint density at radius 2 is 1.38 bits per heavy atom. The van der Waals surface area contributed by atoms with Gasteiger partial charge < -0.3 is 49.1 Å². The van der Waals surface area contributed by atoms with Crippen molar-refractivity contribution in [2.75, 3.05) is 6.61 Å². The van der Waals surface area contributed by atoms with Crippen LogP contribution >= 0.6 is 0 Å². The van der Waals surface area contributed by atoms with E-state index in [9.17, 15) is 39.3 Å². The van der Waals surface area contributed by atoms with Gasteiger partial charge >= 0.3 is 30.0 Å². The van der Waals surface area contributed by atoms with Gasteiger partial charge in [0.25, 0.3) is 0 Å². The first kappa shape index (κ1) is 48.0. The van der Waals surface area contributed by atoms with Crippen molar-refractivity contribution in [3.05, 3.63) is 119 Å². The first-order valence-electron chi connectivity index (χ1n) is 21.9. The standard InChI is InChI=1S/C50H57NO15/c1-27-32(62-44(58)38(54)36(29-18-12-9-13-19-29)51-45(59)66-46(3,4)5)25-50(60)41(64-43(57)31-22-16-11-17-23-31)39-48(8,40(55)37(53)35(27)47(50,6)7)33(63-42(56)30-20-14-10-15-21-30)24-34-49(39,26-61-34)65-28(2)52/h9-23,32-34,36-39,41,53-54,60H,24-26H2,1-8H3,(H,51,59)/t32-,33-,34+,36-,37+,38+,39?,41-,48+,49-,50+/m0/s1. The van der Waals surface area contributed by atoms with Crippen molar-refractivity contribution in [2.45, 2.75) is 128 Å². The molecular weight excluding hydrogens is 855 g/mol. The van der Waals surface area contributed by atoms with E-state index in [4.69, 9.17) is 28.4 Å². The fourth-order valence-electron chi connectivity index (χ4n) is 10.5. The molecule has 1 saturated heterocycles. The van der Waals surface area contributed by atoms with Crippen LogP contribution in [0.25, 0.3) is 0 Å². The van der Waals surface area contributed by atoms with Gasteiger partial charge in [0.1, 0.15) is 41.7 Å². The number of esters is 4. The molecule has 3 aromatic rings. The maximum absolute atomic E-state index is 15.6. The zero-order valence-corrected chi connectivity index (χ0v) is 38.1. The smallest absolute Gasteiger partial charge is 0.408 e. The summed E-state index contributed by atoms with van der Waals surface area (Å²) in [5, 5.41) is 40.6. The predicted octanol–water partition coefficient (Wildman–Crippen LogP) is 5.12. The summed E-state index contributed by atoms with van der Waals surface area (Å²) in [5.74, 6) is -6.37. The Labute approximate surface area is 382 Å². The lowest BCUT2D eigenvalue weighted by Crippen LogP contribution is -2.82. The molecule has 0 aromatic heterocycles. The van der Waals surface area contributed by atoms with Gasteiger partial charge in [-0.25, -0.2) is 19.2 Å². The van der Waals surface area contributed by atoms with Crippen molar-refractivity contribution < 1.29 is 72.5 Å². The molecule has 4 aliphatic rings. The van der Waals surface area contributed by atoms with E-state index in [2.05, 4.69) is 5.32 Å². The minimum absolute atomic E-state index is 0.0538. The van der Waals surface area contributed by atoms with Gasteiger partial charge in [-0.2, -0.15) is 0 Å². The van der Waals surface area contributed by atoms with Gasteiger partial charge in [0.05, 0.1) is 35.1 Å². The maximum atomic E-state index is 15.6. The van der Waals surface area contributed by atoms with E-state index in [0.717, 1.165) is 6.92 Å². The second-order valence-electron chi connectivity index (χ2n) is 19.3. The fraction of sp³-hybridized carbons (Fsp3) is 0.480. The fourth-order valence-corrected chi connectivity index (χ4v) is 10.5. The summed E-state index contributed by atoms with van der Waals surface area (Å²) >= 11 is 0. The minimum atomic E-state index is -2.43. The van der Waals surface area contributed by atoms with E-state index >= 15 is 4.79 Å². The molecule has 7 rings (SSSR count). The number of Topliss-reactive ketones (excluding diaryl/α,β-unsaturated/α-hetero) is 1. The quantitative estimate of drug-likeness (QED) is 0.117. The van der Waals surface area contributed by atoms with E-state index in [1.165, 1.54) is 38.1 Å². The highest BCUT2D eigenvalue weighted by molar-refractivity contribution is 5.95. The van der Waals surface area contributed by atoms with Crippen LogP contribution in [0.4, 0.5) is 4.79 Å². The number of ether oxygens (including phenoxy) is 6. The number of hydrogen-bond acceptors (Lipinski definition) is 15. The number of carbonyl (C=O) groups is 6. The molecule has 0 radical (unpaired) electrons. The number of hydrogen-bond donors (Lipinski definition) is 4. The van der Waals surface area contributed by atoms with Crippen molar-refractivity contribution in [3.63, 3.8) is 0 Å². The normalized spacial score (nSPS) is 30.9. The molecule has 2 saturated carbocycles. The van der Waals surface area contributed by atoms with Gasteiger partial charge in [-0.15, -0.1) is 0 Å². The molecule has 4 N–H and O–H groups in total. The summed E-state index contributed by atoms with van der Waals surface area (Å²) in [6, 6.07) is 22.6. The molecule has 16 heteroatoms. The number of rotatable bonds is 10. The van der Waals surface area contributed by atoms with Crippen LogP contribution in [-0.2, 0) is 42.8 Å². The van der Waals surface area contributed by atoms with Crippen LogP contribution in [0.3, 0.4) is 0 Å². The van der Waals surface area contributed by atoms with Gasteiger partial charge in [-0.3, -0.25) is 9.59 Å². The Kier molecular flexibility index (Phi) is 12.9. The summed E-state index contributed by atoms with van der Waals surface area (Å²) in [4.78, 5) is 84.5. The third-order valence-corrected chi connectivity index (χ3v) is 13.8. The van der Waals surface area contributed by atoms with E-state index in [-0.39, 0.29) is 35.3 Å². The molecule has 66 heavy (non-hydrogen) atoms. The monoisotopic (exact) mass is 911 g/mol. The number of carbonyl (C=O) groups excluding carboxylic acids is 6. The Balaban J connectivity index is 1.39. The molecule has 1 heterocycles. The van der Waals surface area contributed by atoms with Gasteiger partial charge in [-0.1, -0.05) is 80.6 Å². The Morgan fingerprint density at radius 1 is 0.833 bits per heavy atom. The molecule has 0 spiro atoms. The molecule has 1 amide bonds. The second kappa shape index (κ2) is 17.7. The number of nitrogens with one attached hydrogen (secondary N) is 1. The van der Waals surface area contributed by atoms with Crippen molar-refractivity contribution >= 4 is 35.8 Å². The Bertz CT molecular complexity index is 2400. The molecule has 1 unspecified atom stereocenters. The van der Waals surface area contributed by atoms with Crippen LogP contribution in [0.2, 0.25) is 0 Å². The highest BCUT2D eigenvalue weighted by atomic mass is 16.6. The van der Waals surface area contributed by atoms with E-state index < -0.39 is 118 Å². The Hall–Kier alpha value is -5.94. The molecule has 3 aromatic carbocycles. The zero-order valence-electron chi connectivity index (χ0n) is 38.1. The third kappa shape index (κ3) is 8.39. The summed E-state index contributed by atoms with van der Waals surface area (Å²) in [7, 11) is 0. The van der Waals surface area contributed by atoms with Crippen LogP contribution in [-0.4, -0.2) is 111 Å². The molecular formula is C50H57NO15. The summed E-state index contributed by atoms with van der Waals surface area (Å²) in [5.41, 5.74) is -8.42. The SMILES string of the molecule is CC(=O)O[C@@]12CO[C@@H]1C[C@H](OC(=O)c1ccccc1)[C@@]1(C)C(=O)[C@H](O)C3=C(C)[C@@H](OC(=O)[C@H](O)[C@@H](NC(=O)OC(C)(C)C)c4ccccc4)C[C@@](O)([C@@H](OC(=O)c4ccccc4)C12)C3(C)C. The van der Waals surface area contributed by atoms with Crippen LogP contribution in [0.1, 0.15) is 101 Å². The number of alkyl carbamates (subject to hydrolysis) is 1. The lowest BCUT2D eigenvalue weighted by atomic mass is 9.44. The van der Waals surface area contributed by atoms with Crippen molar-refractivity contribution in [3.8, 4) is 0 Å². The number of fused-ring (bicyclic) bond motifs is 5. The largest absolute Gasteiger partial charge is 0.458 e. The number of aliphatic hydroxyl groups is 3. The summed E-state index contributed by atoms with van der Waals surface area (Å²) < 4.78 is 36.3. The summed E-state index contributed by atoms with van der Waals surface area (Å²) in [6.07, 6.45) is -11.8. The van der Waals surface area contributed by atoms with Crippen molar-refractivity contribution in [1.29, 1.82) is 0 Å². The maximum Gasteiger partial charge on any atom is 0.408 e. The number of benzene rings is 3. The van der Waals surface area contributed by atoms with E-state index in [1.54, 1.807) is 101 Å². The predicted molar refractivity (Wildman–Crippen MR) is 233 cm³/mol. The highest BCUT2D eigenvalue weighted by Crippen LogP contribution is 2.64. The van der Waals surface area contributed by atoms with Gasteiger partial charge in [-0.05, 0) is 75.6 Å². The van der Waals surface area contributed by atoms with Gasteiger partial charge in [0, 0.05) is 25.2 Å². The van der Waals surface area contributed by atoms with Crippen LogP contribution < -0.4 is 5.32 Å². The molecule has 16 nitrogen and oxygen atoms in total. The summed E-state index contributed by atoms with van der Waals surface area (Å²) in [6.45, 7) is 11.8. The van der Waals surface area contributed by atoms with E-state index in [1.807, 2.05) is 0 Å². The van der Waals surface area contributed by atoms with E-state index in [0.29, 0.717) is 5.56 Å². The zero-order chi connectivity index (χ0) is 48.1. The van der Waals surface area contributed by atoms with Crippen LogP contribution in [0.15, 0.2) is 102 Å². The molecule has 3 fully saturated rings. The number of aliphatic hydroxyl groups excluding tert-OH is 2. The third-order valence-electron chi connectivity index (χ3n) is 13.8. The topological polar surface area (TPSA) is 231 Å². The average molecular weight is 912 g/mol. The molecule has 3 aliphatic carbocycles. The highest BCUT2D eigenvalue weighted by Gasteiger charge is 2.78. The van der Waals surface area contributed by atoms with Crippen molar-refractivity contribution in [1.82, 2.24) is 5.32 Å². The van der Waals surface area contributed by atoms with Gasteiger partial charge in [0.15, 0.2) is 17.5 Å². The second-order valence-corrected chi connectivity index (χ2v) is 19.3. The lowest BCUT2D eigenvalue weighted by Gasteiger charge is -2.67. The number of ketones is 1. The number of amides is 1. The molecule has 11 atom stereocenters. The average Bonchev–Trinajstić information content (AvgIpc) is 3.26. The first-order chi connectivity index (χ1) is 31.0. The molecule has 1 aliphatic heterocycles.